The number of amides is 2. The summed E-state index contributed by atoms with van der Waals surface area (Å²) in [6.45, 7) is 4.71. The van der Waals surface area contributed by atoms with Crippen LogP contribution >= 0.6 is 0 Å². The molecule has 6 heteroatoms. The number of likely N-dealkylation sites (tertiary alicyclic amines) is 1. The average molecular weight is 330 g/mol. The number of anilines is 1. The Kier molecular flexibility index (Phi) is 5.33. The van der Waals surface area contributed by atoms with Crippen molar-refractivity contribution in [2.45, 2.75) is 45.1 Å². The molecule has 2 aliphatic rings. The third-order valence-corrected chi connectivity index (χ3v) is 4.88. The van der Waals surface area contributed by atoms with Crippen LogP contribution in [-0.4, -0.2) is 53.9 Å². The predicted octanol–water partition coefficient (Wildman–Crippen LogP) is 1.81. The maximum Gasteiger partial charge on any atom is 0.272 e. The number of aromatic nitrogens is 1. The summed E-state index contributed by atoms with van der Waals surface area (Å²) in [5.74, 6) is 0.0430. The van der Waals surface area contributed by atoms with Crippen molar-refractivity contribution in [3.8, 4) is 0 Å². The molecule has 1 N–H and O–H groups in total. The van der Waals surface area contributed by atoms with Gasteiger partial charge in [0.25, 0.3) is 5.91 Å². The number of pyridine rings is 1. The summed E-state index contributed by atoms with van der Waals surface area (Å²) < 4.78 is 0. The Morgan fingerprint density at radius 3 is 3.04 bits per heavy atom. The molecule has 0 aliphatic carbocycles. The Morgan fingerprint density at radius 2 is 2.25 bits per heavy atom. The first-order valence-electron chi connectivity index (χ1n) is 8.97. The molecular formula is C18H26N4O2. The Morgan fingerprint density at radius 1 is 1.38 bits per heavy atom. The summed E-state index contributed by atoms with van der Waals surface area (Å²) in [6.07, 6.45) is 7.17. The van der Waals surface area contributed by atoms with Gasteiger partial charge in [-0.25, -0.2) is 0 Å². The molecule has 0 spiro atoms. The lowest BCUT2D eigenvalue weighted by molar-refractivity contribution is -0.120. The van der Waals surface area contributed by atoms with Gasteiger partial charge in [-0.15, -0.1) is 0 Å². The summed E-state index contributed by atoms with van der Waals surface area (Å²) in [5.41, 5.74) is 1.38. The van der Waals surface area contributed by atoms with Crippen LogP contribution in [0.3, 0.4) is 0 Å². The van der Waals surface area contributed by atoms with E-state index in [1.807, 2.05) is 21.9 Å². The molecule has 1 aromatic rings. The van der Waals surface area contributed by atoms with E-state index in [0.717, 1.165) is 44.5 Å². The lowest BCUT2D eigenvalue weighted by atomic mass is 9.98. The zero-order valence-corrected chi connectivity index (χ0v) is 14.3. The molecule has 1 atom stereocenters. The molecule has 3 rings (SSSR count). The minimum atomic E-state index is 0.0185. The van der Waals surface area contributed by atoms with Gasteiger partial charge in [0.2, 0.25) is 5.91 Å². The second kappa shape index (κ2) is 7.64. The van der Waals surface area contributed by atoms with Gasteiger partial charge in [-0.05, 0) is 37.8 Å². The fraction of sp³-hybridized carbons (Fsp3) is 0.611. The molecule has 3 heterocycles. The number of hydrogen-bond donors (Lipinski definition) is 1. The van der Waals surface area contributed by atoms with Crippen molar-refractivity contribution < 1.29 is 9.59 Å². The first-order valence-corrected chi connectivity index (χ1v) is 8.97. The third-order valence-electron chi connectivity index (χ3n) is 4.88. The van der Waals surface area contributed by atoms with Gasteiger partial charge < -0.3 is 15.1 Å². The van der Waals surface area contributed by atoms with Crippen molar-refractivity contribution >= 4 is 17.5 Å². The molecule has 0 bridgehead atoms. The minimum Gasteiger partial charge on any atom is -0.360 e. The number of piperidine rings is 1. The maximum absolute atomic E-state index is 12.9. The second-order valence-corrected chi connectivity index (χ2v) is 6.61. The molecule has 6 nitrogen and oxygen atoms in total. The summed E-state index contributed by atoms with van der Waals surface area (Å²) in [4.78, 5) is 32.8. The topological polar surface area (TPSA) is 65.5 Å². The summed E-state index contributed by atoms with van der Waals surface area (Å²) >= 11 is 0. The van der Waals surface area contributed by atoms with Crippen molar-refractivity contribution in [1.29, 1.82) is 0 Å². The smallest absolute Gasteiger partial charge is 0.272 e. The molecule has 2 saturated heterocycles. The Bertz CT molecular complexity index is 602. The van der Waals surface area contributed by atoms with Gasteiger partial charge in [0.15, 0.2) is 0 Å². The molecule has 2 aliphatic heterocycles. The average Bonchev–Trinajstić information content (AvgIpc) is 2.62. The van der Waals surface area contributed by atoms with Crippen LogP contribution in [0.15, 0.2) is 18.3 Å². The fourth-order valence-corrected chi connectivity index (χ4v) is 3.64. The lowest BCUT2D eigenvalue weighted by Gasteiger charge is -2.35. The quantitative estimate of drug-likeness (QED) is 0.914. The van der Waals surface area contributed by atoms with Gasteiger partial charge in [-0.3, -0.25) is 14.6 Å². The van der Waals surface area contributed by atoms with E-state index in [-0.39, 0.29) is 11.8 Å². The van der Waals surface area contributed by atoms with Crippen LogP contribution in [0.25, 0.3) is 0 Å². The third kappa shape index (κ3) is 3.68. The second-order valence-electron chi connectivity index (χ2n) is 6.61. The van der Waals surface area contributed by atoms with E-state index in [4.69, 9.17) is 0 Å². The number of carbonyl (C=O) groups excluding carboxylic acids is 2. The summed E-state index contributed by atoms with van der Waals surface area (Å²) in [7, 11) is 0. The van der Waals surface area contributed by atoms with Crippen LogP contribution in [0.4, 0.5) is 5.69 Å². The highest BCUT2D eigenvalue weighted by Crippen LogP contribution is 2.24. The summed E-state index contributed by atoms with van der Waals surface area (Å²) in [6, 6.07) is 4.04. The molecule has 2 amide bonds. The maximum atomic E-state index is 12.9. The van der Waals surface area contributed by atoms with Gasteiger partial charge in [-0.2, -0.15) is 0 Å². The van der Waals surface area contributed by atoms with Gasteiger partial charge in [0.1, 0.15) is 5.69 Å². The number of hydrogen-bond acceptors (Lipinski definition) is 4. The van der Waals surface area contributed by atoms with E-state index in [1.165, 1.54) is 6.42 Å². The van der Waals surface area contributed by atoms with Gasteiger partial charge >= 0.3 is 0 Å². The molecule has 2 fully saturated rings. The number of rotatable bonds is 4. The van der Waals surface area contributed by atoms with Crippen molar-refractivity contribution in [1.82, 2.24) is 15.2 Å². The van der Waals surface area contributed by atoms with Crippen LogP contribution < -0.4 is 10.2 Å². The Balaban J connectivity index is 1.77. The van der Waals surface area contributed by atoms with Gasteiger partial charge in [0.05, 0.1) is 6.54 Å². The zero-order chi connectivity index (χ0) is 16.9. The van der Waals surface area contributed by atoms with Crippen LogP contribution in [0.5, 0.6) is 0 Å². The van der Waals surface area contributed by atoms with E-state index in [1.54, 1.807) is 6.20 Å². The van der Waals surface area contributed by atoms with Crippen molar-refractivity contribution in [3.63, 3.8) is 0 Å². The van der Waals surface area contributed by atoms with E-state index < -0.39 is 0 Å². The highest BCUT2D eigenvalue weighted by Gasteiger charge is 2.28. The van der Waals surface area contributed by atoms with Crippen LogP contribution in [0.1, 0.15) is 49.5 Å². The van der Waals surface area contributed by atoms with E-state index >= 15 is 0 Å². The van der Waals surface area contributed by atoms with Crippen LogP contribution in [0, 0.1) is 0 Å². The first-order chi connectivity index (χ1) is 11.7. The normalized spacial score (nSPS) is 21.5. The number of nitrogens with zero attached hydrogens (tertiary/aromatic N) is 3. The molecular weight excluding hydrogens is 304 g/mol. The number of piperazine rings is 1. The van der Waals surface area contributed by atoms with E-state index in [9.17, 15) is 9.59 Å². The van der Waals surface area contributed by atoms with Crippen molar-refractivity contribution in [2.75, 3.05) is 31.1 Å². The molecule has 0 saturated carbocycles. The highest BCUT2D eigenvalue weighted by molar-refractivity contribution is 5.93. The monoisotopic (exact) mass is 330 g/mol. The molecule has 24 heavy (non-hydrogen) atoms. The standard InChI is InChI=1S/C18H26N4O2/c1-2-5-14-6-3-4-10-22(14)18(24)16-12-15(7-8-19-16)21-11-9-20-17(23)13-21/h7-8,12,14H,2-6,9-11,13H2,1H3,(H,20,23)/t14-/m0/s1. The van der Waals surface area contributed by atoms with Crippen LogP contribution in [0.2, 0.25) is 0 Å². The van der Waals surface area contributed by atoms with E-state index in [0.29, 0.717) is 24.8 Å². The minimum absolute atomic E-state index is 0.0185. The van der Waals surface area contributed by atoms with Gasteiger partial charge in [0, 0.05) is 37.6 Å². The molecule has 1 aromatic heterocycles. The first kappa shape index (κ1) is 16.7. The number of nitrogens with one attached hydrogen (secondary N) is 1. The highest BCUT2D eigenvalue weighted by atomic mass is 16.2. The molecule has 0 unspecified atom stereocenters. The van der Waals surface area contributed by atoms with Crippen molar-refractivity contribution in [2.24, 2.45) is 0 Å². The zero-order valence-electron chi connectivity index (χ0n) is 14.3. The van der Waals surface area contributed by atoms with Crippen LogP contribution in [-0.2, 0) is 4.79 Å². The predicted molar refractivity (Wildman–Crippen MR) is 93.0 cm³/mol. The molecule has 130 valence electrons. The largest absolute Gasteiger partial charge is 0.360 e. The van der Waals surface area contributed by atoms with Crippen molar-refractivity contribution in [3.05, 3.63) is 24.0 Å². The SMILES string of the molecule is CCC[C@H]1CCCCN1C(=O)c1cc(N2CCNC(=O)C2)ccn1. The van der Waals surface area contributed by atoms with E-state index in [2.05, 4.69) is 17.2 Å². The summed E-state index contributed by atoms with van der Waals surface area (Å²) in [5, 5.41) is 2.82. The Labute approximate surface area is 143 Å². The van der Waals surface area contributed by atoms with Gasteiger partial charge in [-0.1, -0.05) is 13.3 Å². The number of carbonyl (C=O) groups is 2. The molecule has 0 radical (unpaired) electrons. The molecule has 0 aromatic carbocycles. The lowest BCUT2D eigenvalue weighted by Crippen LogP contribution is -2.48. The fourth-order valence-electron chi connectivity index (χ4n) is 3.64. The Hall–Kier alpha value is -2.11.